The van der Waals surface area contributed by atoms with Gasteiger partial charge in [0.05, 0.1) is 0 Å². The molecular formula is C6H11NS. The molecule has 1 atom stereocenters. The van der Waals surface area contributed by atoms with E-state index in [4.69, 9.17) is 0 Å². The topological polar surface area (TPSA) is 12.0 Å². The van der Waals surface area contributed by atoms with Crippen molar-refractivity contribution in [3.8, 4) is 0 Å². The van der Waals surface area contributed by atoms with Crippen LogP contribution in [0.25, 0.3) is 0 Å². The van der Waals surface area contributed by atoms with Gasteiger partial charge in [0.25, 0.3) is 0 Å². The molecule has 0 aromatic carbocycles. The fourth-order valence-corrected chi connectivity index (χ4v) is 1.60. The predicted molar refractivity (Wildman–Crippen MR) is 39.1 cm³/mol. The second-order valence-electron chi connectivity index (χ2n) is 1.83. The van der Waals surface area contributed by atoms with Crippen molar-refractivity contribution in [2.75, 3.05) is 12.3 Å². The van der Waals surface area contributed by atoms with E-state index in [1.165, 1.54) is 5.75 Å². The van der Waals surface area contributed by atoms with Crippen LogP contribution in [0.4, 0.5) is 0 Å². The van der Waals surface area contributed by atoms with Crippen molar-refractivity contribution in [3.05, 3.63) is 11.5 Å². The zero-order chi connectivity index (χ0) is 5.82. The van der Waals surface area contributed by atoms with Crippen LogP contribution >= 0.6 is 11.8 Å². The van der Waals surface area contributed by atoms with Gasteiger partial charge in [0, 0.05) is 11.8 Å². The van der Waals surface area contributed by atoms with Crippen LogP contribution in [0.3, 0.4) is 0 Å². The van der Waals surface area contributed by atoms with Gasteiger partial charge in [-0.25, -0.2) is 0 Å². The minimum Gasteiger partial charge on any atom is -0.310 e. The quantitative estimate of drug-likeness (QED) is 0.601. The lowest BCUT2D eigenvalue weighted by atomic mass is 10.3. The van der Waals surface area contributed by atoms with Gasteiger partial charge in [-0.2, -0.15) is 0 Å². The van der Waals surface area contributed by atoms with E-state index in [-0.39, 0.29) is 0 Å². The molecule has 0 saturated carbocycles. The maximum absolute atomic E-state index is 3.34. The lowest BCUT2D eigenvalue weighted by Gasteiger charge is -2.04. The van der Waals surface area contributed by atoms with Crippen LogP contribution in [0.1, 0.15) is 6.92 Å². The van der Waals surface area contributed by atoms with Crippen LogP contribution in [-0.2, 0) is 0 Å². The highest BCUT2D eigenvalue weighted by Crippen LogP contribution is 2.13. The van der Waals surface area contributed by atoms with Crippen LogP contribution in [0.5, 0.6) is 0 Å². The van der Waals surface area contributed by atoms with Crippen LogP contribution in [0.2, 0.25) is 0 Å². The van der Waals surface area contributed by atoms with Gasteiger partial charge >= 0.3 is 0 Å². The van der Waals surface area contributed by atoms with E-state index in [0.717, 1.165) is 6.54 Å². The molecule has 0 fully saturated rings. The van der Waals surface area contributed by atoms with Gasteiger partial charge in [0.1, 0.15) is 0 Å². The van der Waals surface area contributed by atoms with Crippen molar-refractivity contribution in [2.45, 2.75) is 13.0 Å². The Morgan fingerprint density at radius 2 is 2.75 bits per heavy atom. The highest BCUT2D eigenvalue weighted by Gasteiger charge is 2.05. The summed E-state index contributed by atoms with van der Waals surface area (Å²) >= 11 is 1.88. The van der Waals surface area contributed by atoms with E-state index >= 15 is 0 Å². The van der Waals surface area contributed by atoms with E-state index in [2.05, 4.69) is 23.7 Å². The molecule has 1 rings (SSSR count). The smallest absolute Gasteiger partial charge is 0.0352 e. The van der Waals surface area contributed by atoms with E-state index in [9.17, 15) is 0 Å². The second-order valence-corrected chi connectivity index (χ2v) is 2.76. The van der Waals surface area contributed by atoms with Gasteiger partial charge < -0.3 is 5.32 Å². The zero-order valence-electron chi connectivity index (χ0n) is 5.05. The largest absolute Gasteiger partial charge is 0.310 e. The maximum atomic E-state index is 3.34. The average Bonchev–Trinajstić information content (AvgIpc) is 2.19. The van der Waals surface area contributed by atoms with Crippen molar-refractivity contribution in [2.24, 2.45) is 0 Å². The van der Waals surface area contributed by atoms with E-state index < -0.39 is 0 Å². The van der Waals surface area contributed by atoms with Gasteiger partial charge in [-0.3, -0.25) is 0 Å². The predicted octanol–water partition coefficient (Wildman–Crippen LogP) is 1.23. The van der Waals surface area contributed by atoms with Crippen molar-refractivity contribution in [1.29, 1.82) is 0 Å². The lowest BCUT2D eigenvalue weighted by molar-refractivity contribution is 0.673. The molecule has 1 nitrogen and oxygen atoms in total. The molecule has 0 radical (unpaired) electrons. The Kier molecular flexibility index (Phi) is 2.43. The number of nitrogens with one attached hydrogen (secondary N) is 1. The van der Waals surface area contributed by atoms with Gasteiger partial charge in [0.2, 0.25) is 0 Å². The average molecular weight is 129 g/mol. The Morgan fingerprint density at radius 1 is 1.88 bits per heavy atom. The van der Waals surface area contributed by atoms with E-state index in [1.54, 1.807) is 0 Å². The Hall–Kier alpha value is 0.0500. The number of thioether (sulfide) groups is 1. The molecule has 1 N–H and O–H groups in total. The lowest BCUT2D eigenvalue weighted by Crippen LogP contribution is -2.26. The zero-order valence-corrected chi connectivity index (χ0v) is 5.87. The molecule has 0 aromatic heterocycles. The van der Waals surface area contributed by atoms with Crippen LogP contribution < -0.4 is 5.32 Å². The first-order chi connectivity index (χ1) is 3.93. The van der Waals surface area contributed by atoms with Gasteiger partial charge in [-0.05, 0) is 12.0 Å². The maximum Gasteiger partial charge on any atom is 0.0352 e. The first-order valence-electron chi connectivity index (χ1n) is 2.95. The fraction of sp³-hybridized carbons (Fsp3) is 0.667. The standard InChI is InChI=1S/C6H11NS/c1-2-7-6-3-4-8-5-6/h3-4,6-7H,2,5H2,1H3. The third kappa shape index (κ3) is 1.53. The van der Waals surface area contributed by atoms with E-state index in [1.807, 2.05) is 11.8 Å². The summed E-state index contributed by atoms with van der Waals surface area (Å²) in [6.45, 7) is 3.21. The summed E-state index contributed by atoms with van der Waals surface area (Å²) in [7, 11) is 0. The van der Waals surface area contributed by atoms with Gasteiger partial charge in [0.15, 0.2) is 0 Å². The number of rotatable bonds is 2. The number of hydrogen-bond acceptors (Lipinski definition) is 2. The van der Waals surface area contributed by atoms with Crippen molar-refractivity contribution in [3.63, 3.8) is 0 Å². The summed E-state index contributed by atoms with van der Waals surface area (Å²) in [6.07, 6.45) is 2.22. The molecule has 0 bridgehead atoms. The normalized spacial score (nSPS) is 26.9. The molecule has 1 aliphatic heterocycles. The molecular weight excluding hydrogens is 118 g/mol. The molecule has 0 spiro atoms. The van der Waals surface area contributed by atoms with Crippen molar-refractivity contribution in [1.82, 2.24) is 5.32 Å². The summed E-state index contributed by atoms with van der Waals surface area (Å²) in [5.74, 6) is 1.22. The highest BCUT2D eigenvalue weighted by molar-refractivity contribution is 8.02. The Balaban J connectivity index is 2.16. The number of hydrogen-bond donors (Lipinski definition) is 1. The number of likely N-dealkylation sites (N-methyl/N-ethyl adjacent to an activating group) is 1. The first kappa shape index (κ1) is 6.17. The van der Waals surface area contributed by atoms with Crippen molar-refractivity contribution >= 4 is 11.8 Å². The van der Waals surface area contributed by atoms with E-state index in [0.29, 0.717) is 6.04 Å². The van der Waals surface area contributed by atoms with Gasteiger partial charge in [-0.15, -0.1) is 11.8 Å². The first-order valence-corrected chi connectivity index (χ1v) is 4.00. The Labute approximate surface area is 54.5 Å². The fourth-order valence-electron chi connectivity index (χ4n) is 0.754. The molecule has 46 valence electrons. The summed E-state index contributed by atoms with van der Waals surface area (Å²) in [6, 6.07) is 0.644. The summed E-state index contributed by atoms with van der Waals surface area (Å²) in [4.78, 5) is 0. The molecule has 1 heterocycles. The minimum atomic E-state index is 0.644. The molecule has 0 amide bonds. The molecule has 1 unspecified atom stereocenters. The monoisotopic (exact) mass is 129 g/mol. The minimum absolute atomic E-state index is 0.644. The highest BCUT2D eigenvalue weighted by atomic mass is 32.2. The molecule has 0 saturated heterocycles. The van der Waals surface area contributed by atoms with Crippen LogP contribution in [0.15, 0.2) is 11.5 Å². The van der Waals surface area contributed by atoms with Gasteiger partial charge in [-0.1, -0.05) is 13.0 Å². The molecule has 0 aromatic rings. The molecule has 1 aliphatic rings. The Morgan fingerprint density at radius 3 is 3.25 bits per heavy atom. The van der Waals surface area contributed by atoms with Crippen LogP contribution in [0, 0.1) is 0 Å². The summed E-state index contributed by atoms with van der Waals surface area (Å²) in [5.41, 5.74) is 0. The Bertz CT molecular complexity index is 90.5. The van der Waals surface area contributed by atoms with Crippen LogP contribution in [-0.4, -0.2) is 18.3 Å². The molecule has 0 aliphatic carbocycles. The van der Waals surface area contributed by atoms with Crippen molar-refractivity contribution < 1.29 is 0 Å². The molecule has 8 heavy (non-hydrogen) atoms. The second kappa shape index (κ2) is 3.15. The summed E-state index contributed by atoms with van der Waals surface area (Å²) < 4.78 is 0. The summed E-state index contributed by atoms with van der Waals surface area (Å²) in [5, 5.41) is 5.50. The third-order valence-corrected chi connectivity index (χ3v) is 2.05. The SMILES string of the molecule is CCNC1C=CSC1. The third-order valence-electron chi connectivity index (χ3n) is 1.15. The molecule has 2 heteroatoms.